The summed E-state index contributed by atoms with van der Waals surface area (Å²) in [5.41, 5.74) is -0.577. The molecule has 7 nitrogen and oxygen atoms in total. The Balaban J connectivity index is 2.93. The van der Waals surface area contributed by atoms with E-state index < -0.39 is 15.4 Å². The Labute approximate surface area is 110 Å². The molecule has 9 heteroatoms. The summed E-state index contributed by atoms with van der Waals surface area (Å²) in [5.74, 6) is -0.243. The molecule has 1 N–H and O–H groups in total. The summed E-state index contributed by atoms with van der Waals surface area (Å²) < 4.78 is 24.4. The Morgan fingerprint density at radius 2 is 1.83 bits per heavy atom. The number of carbonyl (C=O) groups is 1. The predicted octanol–water partition coefficient (Wildman–Crippen LogP) is 0.773. The summed E-state index contributed by atoms with van der Waals surface area (Å²) >= 11 is 0.829. The van der Waals surface area contributed by atoms with Gasteiger partial charge in [0.05, 0.1) is 0 Å². The molecule has 0 atom stereocenters. The molecule has 1 rings (SSSR count). The molecule has 102 valence electrons. The first-order valence-corrected chi connectivity index (χ1v) is 7.38. The van der Waals surface area contributed by atoms with Crippen LogP contribution < -0.4 is 5.32 Å². The molecule has 0 unspecified atom stereocenters. The summed E-state index contributed by atoms with van der Waals surface area (Å²) in [6.07, 6.45) is 0. The maximum atomic E-state index is 11.7. The first kappa shape index (κ1) is 15.0. The van der Waals surface area contributed by atoms with Gasteiger partial charge in [0.2, 0.25) is 15.4 Å². The summed E-state index contributed by atoms with van der Waals surface area (Å²) in [7, 11) is -0.787. The van der Waals surface area contributed by atoms with Gasteiger partial charge in [-0.15, -0.1) is 10.2 Å². The molecular formula is C9H16N4O3S2. The van der Waals surface area contributed by atoms with Gasteiger partial charge in [-0.25, -0.2) is 12.7 Å². The van der Waals surface area contributed by atoms with Crippen molar-refractivity contribution in [3.05, 3.63) is 0 Å². The first-order valence-electron chi connectivity index (χ1n) is 5.12. The van der Waals surface area contributed by atoms with E-state index in [0.29, 0.717) is 0 Å². The van der Waals surface area contributed by atoms with Crippen molar-refractivity contribution >= 4 is 32.4 Å². The highest BCUT2D eigenvalue weighted by molar-refractivity contribution is 7.91. The smallest absolute Gasteiger partial charge is 0.271 e. The molecule has 0 spiro atoms. The molecule has 0 saturated carbocycles. The van der Waals surface area contributed by atoms with Gasteiger partial charge in [-0.2, -0.15) is 0 Å². The van der Waals surface area contributed by atoms with Crippen LogP contribution in [0.5, 0.6) is 0 Å². The third-order valence-corrected chi connectivity index (χ3v) is 5.01. The quantitative estimate of drug-likeness (QED) is 0.831. The minimum absolute atomic E-state index is 0.142. The maximum absolute atomic E-state index is 11.7. The van der Waals surface area contributed by atoms with Crippen molar-refractivity contribution in [2.24, 2.45) is 5.41 Å². The van der Waals surface area contributed by atoms with Crippen molar-refractivity contribution in [2.45, 2.75) is 25.1 Å². The fourth-order valence-electron chi connectivity index (χ4n) is 0.805. The molecule has 0 bridgehead atoms. The van der Waals surface area contributed by atoms with Gasteiger partial charge in [0.1, 0.15) is 0 Å². The van der Waals surface area contributed by atoms with E-state index in [1.54, 1.807) is 20.8 Å². The zero-order valence-corrected chi connectivity index (χ0v) is 12.5. The second-order valence-corrected chi connectivity index (χ2v) is 8.17. The molecule has 0 radical (unpaired) electrons. The molecule has 18 heavy (non-hydrogen) atoms. The Hall–Kier alpha value is -1.06. The number of sulfonamides is 1. The third-order valence-electron chi connectivity index (χ3n) is 2.01. The van der Waals surface area contributed by atoms with Gasteiger partial charge in [-0.1, -0.05) is 32.1 Å². The van der Waals surface area contributed by atoms with Crippen molar-refractivity contribution in [1.82, 2.24) is 14.5 Å². The number of amides is 1. The molecule has 0 aliphatic heterocycles. The lowest BCUT2D eigenvalue weighted by Crippen LogP contribution is -2.27. The van der Waals surface area contributed by atoms with Crippen LogP contribution in [0.15, 0.2) is 4.34 Å². The van der Waals surface area contributed by atoms with Gasteiger partial charge in [-0.3, -0.25) is 4.79 Å². The van der Waals surface area contributed by atoms with E-state index in [2.05, 4.69) is 15.5 Å². The highest BCUT2D eigenvalue weighted by atomic mass is 32.2. The van der Waals surface area contributed by atoms with Crippen LogP contribution in [0.1, 0.15) is 20.8 Å². The van der Waals surface area contributed by atoms with E-state index in [1.165, 1.54) is 14.1 Å². The highest BCUT2D eigenvalue weighted by Crippen LogP contribution is 2.24. The van der Waals surface area contributed by atoms with Crippen LogP contribution in [0.3, 0.4) is 0 Å². The average molecular weight is 292 g/mol. The molecule has 0 fully saturated rings. The van der Waals surface area contributed by atoms with Gasteiger partial charge in [-0.05, 0) is 0 Å². The van der Waals surface area contributed by atoms with Gasteiger partial charge in [0, 0.05) is 19.5 Å². The molecule has 1 amide bonds. The Kier molecular flexibility index (Phi) is 4.08. The van der Waals surface area contributed by atoms with Crippen LogP contribution in [0.4, 0.5) is 5.13 Å². The number of hydrogen-bond donors (Lipinski definition) is 1. The summed E-state index contributed by atoms with van der Waals surface area (Å²) in [5, 5.41) is 9.93. The van der Waals surface area contributed by atoms with Crippen molar-refractivity contribution in [1.29, 1.82) is 0 Å². The van der Waals surface area contributed by atoms with Crippen molar-refractivity contribution in [3.63, 3.8) is 0 Å². The van der Waals surface area contributed by atoms with Crippen molar-refractivity contribution in [3.8, 4) is 0 Å². The lowest BCUT2D eigenvalue weighted by Gasteiger charge is -2.15. The van der Waals surface area contributed by atoms with Gasteiger partial charge >= 0.3 is 0 Å². The Morgan fingerprint density at radius 3 is 2.28 bits per heavy atom. The Bertz CT molecular complexity index is 542. The molecule has 0 saturated heterocycles. The molecule has 0 aliphatic carbocycles. The largest absolute Gasteiger partial charge is 0.300 e. The normalized spacial score (nSPS) is 12.8. The molecule has 1 aromatic rings. The van der Waals surface area contributed by atoms with Gasteiger partial charge in [0.25, 0.3) is 10.0 Å². The fourth-order valence-corrected chi connectivity index (χ4v) is 2.84. The molecule has 1 heterocycles. The minimum atomic E-state index is -3.60. The highest BCUT2D eigenvalue weighted by Gasteiger charge is 2.26. The number of nitrogens with zero attached hydrogens (tertiary/aromatic N) is 3. The van der Waals surface area contributed by atoms with Crippen LogP contribution in [-0.4, -0.2) is 42.9 Å². The molecule has 0 aromatic carbocycles. The second kappa shape index (κ2) is 4.90. The molecule has 0 aliphatic rings. The number of anilines is 1. The van der Waals surface area contributed by atoms with E-state index in [1.807, 2.05) is 0 Å². The SMILES string of the molecule is CN(C)S(=O)(=O)c1nnc(NC(=O)C(C)(C)C)s1. The van der Waals surface area contributed by atoms with Gasteiger partial charge in [0.15, 0.2) is 0 Å². The van der Waals surface area contributed by atoms with Crippen LogP contribution in [0.25, 0.3) is 0 Å². The van der Waals surface area contributed by atoms with E-state index in [-0.39, 0.29) is 15.4 Å². The van der Waals surface area contributed by atoms with Crippen LogP contribution in [-0.2, 0) is 14.8 Å². The molecule has 1 aromatic heterocycles. The second-order valence-electron chi connectivity index (χ2n) is 4.86. The van der Waals surface area contributed by atoms with Crippen LogP contribution >= 0.6 is 11.3 Å². The summed E-state index contributed by atoms with van der Waals surface area (Å²) in [4.78, 5) is 11.7. The molecular weight excluding hydrogens is 276 g/mol. The summed E-state index contributed by atoms with van der Waals surface area (Å²) in [6, 6.07) is 0. The van der Waals surface area contributed by atoms with Crippen molar-refractivity contribution < 1.29 is 13.2 Å². The van der Waals surface area contributed by atoms with Crippen LogP contribution in [0.2, 0.25) is 0 Å². The number of hydrogen-bond acceptors (Lipinski definition) is 6. The summed E-state index contributed by atoms with van der Waals surface area (Å²) in [6.45, 7) is 5.25. The topological polar surface area (TPSA) is 92.3 Å². The van der Waals surface area contributed by atoms with Crippen LogP contribution in [0, 0.1) is 5.41 Å². The number of nitrogens with one attached hydrogen (secondary N) is 1. The number of rotatable bonds is 3. The Morgan fingerprint density at radius 1 is 1.28 bits per heavy atom. The van der Waals surface area contributed by atoms with E-state index in [0.717, 1.165) is 15.6 Å². The van der Waals surface area contributed by atoms with Crippen molar-refractivity contribution in [2.75, 3.05) is 19.4 Å². The first-order chi connectivity index (χ1) is 8.05. The van der Waals surface area contributed by atoms with E-state index in [9.17, 15) is 13.2 Å². The average Bonchev–Trinajstić information content (AvgIpc) is 2.64. The third kappa shape index (κ3) is 3.24. The zero-order chi connectivity index (χ0) is 14.1. The standard InChI is InChI=1S/C9H16N4O3S2/c1-9(2,3)6(14)10-7-11-12-8(17-7)18(15,16)13(4)5/h1-5H3,(H,10,11,14). The minimum Gasteiger partial charge on any atom is -0.300 e. The fraction of sp³-hybridized carbons (Fsp3) is 0.667. The van der Waals surface area contributed by atoms with Gasteiger partial charge < -0.3 is 5.32 Å². The zero-order valence-electron chi connectivity index (χ0n) is 10.9. The predicted molar refractivity (Wildman–Crippen MR) is 68.9 cm³/mol. The lowest BCUT2D eigenvalue weighted by molar-refractivity contribution is -0.123. The number of aromatic nitrogens is 2. The monoisotopic (exact) mass is 292 g/mol. The number of carbonyl (C=O) groups excluding carboxylic acids is 1. The maximum Gasteiger partial charge on any atom is 0.271 e. The van der Waals surface area contributed by atoms with E-state index in [4.69, 9.17) is 0 Å². The van der Waals surface area contributed by atoms with E-state index >= 15 is 0 Å². The lowest BCUT2D eigenvalue weighted by atomic mass is 9.96.